The Hall–Kier alpha value is -0.211. The first-order valence-electron chi connectivity index (χ1n) is 5.01. The molecule has 1 nitrogen and oxygen atoms in total. The van der Waals surface area contributed by atoms with E-state index in [0.29, 0.717) is 15.0 Å². The average Bonchev–Trinajstić information content (AvgIpc) is 2.31. The van der Waals surface area contributed by atoms with E-state index in [1.165, 1.54) is 4.46 Å². The molecule has 1 aromatic rings. The van der Waals surface area contributed by atoms with Gasteiger partial charge >= 0.3 is 102 Å². The Balaban J connectivity index is 2.47. The summed E-state index contributed by atoms with van der Waals surface area (Å²) in [5, 5.41) is 9.15. The maximum absolute atomic E-state index is 9.15. The van der Waals surface area contributed by atoms with E-state index in [1.807, 2.05) is 6.07 Å². The molecule has 0 saturated carbocycles. The van der Waals surface area contributed by atoms with E-state index in [2.05, 4.69) is 36.2 Å². The van der Waals surface area contributed by atoms with E-state index in [4.69, 9.17) is 5.11 Å². The van der Waals surface area contributed by atoms with Crippen molar-refractivity contribution in [3.8, 4) is 0 Å². The molecule has 0 radical (unpaired) electrons. The predicted molar refractivity (Wildman–Crippen MR) is 69.7 cm³/mol. The molecule has 0 heterocycles. The third-order valence-electron chi connectivity index (χ3n) is 1.72. The zero-order valence-electron chi connectivity index (χ0n) is 8.85. The van der Waals surface area contributed by atoms with Crippen molar-refractivity contribution >= 4 is 31.2 Å². The van der Waals surface area contributed by atoms with Gasteiger partial charge in [-0.25, -0.2) is 0 Å². The summed E-state index contributed by atoms with van der Waals surface area (Å²) < 4.78 is 1.35. The van der Waals surface area contributed by atoms with Gasteiger partial charge in [-0.05, 0) is 0 Å². The first kappa shape index (κ1) is 12.9. The topological polar surface area (TPSA) is 20.2 Å². The standard InChI is InChI=1S/C12H16OSSe/c1-2-8-14-11(9-13)10-15-12-6-4-3-5-7-12/h3-7,10,13H,2,8-9H2,1H3/b11-10-. The van der Waals surface area contributed by atoms with Crippen molar-refractivity contribution in [2.45, 2.75) is 13.3 Å². The fourth-order valence-electron chi connectivity index (χ4n) is 0.983. The molecular weight excluding hydrogens is 271 g/mol. The van der Waals surface area contributed by atoms with Crippen LogP contribution >= 0.6 is 11.8 Å². The van der Waals surface area contributed by atoms with Crippen molar-refractivity contribution in [3.63, 3.8) is 0 Å². The summed E-state index contributed by atoms with van der Waals surface area (Å²) in [6.45, 7) is 2.34. The van der Waals surface area contributed by atoms with E-state index in [9.17, 15) is 0 Å². The number of hydrogen-bond donors (Lipinski definition) is 1. The Bertz CT molecular complexity index is 298. The molecule has 0 atom stereocenters. The molecule has 1 rings (SSSR count). The third-order valence-corrected chi connectivity index (χ3v) is 5.27. The van der Waals surface area contributed by atoms with Crippen molar-refractivity contribution in [1.82, 2.24) is 0 Å². The van der Waals surface area contributed by atoms with Crippen LogP contribution in [0.1, 0.15) is 13.3 Å². The number of hydrogen-bond acceptors (Lipinski definition) is 2. The Kier molecular flexibility index (Phi) is 6.86. The van der Waals surface area contributed by atoms with Gasteiger partial charge in [0.25, 0.3) is 0 Å². The predicted octanol–water partition coefficient (Wildman–Crippen LogP) is 1.99. The second-order valence-corrected chi connectivity index (χ2v) is 6.22. The van der Waals surface area contributed by atoms with Crippen LogP contribution in [0.2, 0.25) is 0 Å². The van der Waals surface area contributed by atoms with Crippen LogP contribution < -0.4 is 4.46 Å². The van der Waals surface area contributed by atoms with Gasteiger partial charge in [-0.1, -0.05) is 0 Å². The Labute approximate surface area is 102 Å². The van der Waals surface area contributed by atoms with Gasteiger partial charge in [-0.2, -0.15) is 0 Å². The SMILES string of the molecule is CCCS/C(=C\[Se]c1ccccc1)CO. The van der Waals surface area contributed by atoms with Gasteiger partial charge < -0.3 is 0 Å². The van der Waals surface area contributed by atoms with E-state index in [1.54, 1.807) is 11.8 Å². The van der Waals surface area contributed by atoms with Crippen LogP contribution in [-0.2, 0) is 0 Å². The molecule has 0 spiro atoms. The number of benzene rings is 1. The Morgan fingerprint density at radius 3 is 2.73 bits per heavy atom. The maximum atomic E-state index is 9.15. The number of thioether (sulfide) groups is 1. The van der Waals surface area contributed by atoms with Crippen LogP contribution in [0.5, 0.6) is 0 Å². The van der Waals surface area contributed by atoms with Gasteiger partial charge in [-0.3, -0.25) is 0 Å². The molecule has 0 aliphatic heterocycles. The zero-order valence-corrected chi connectivity index (χ0v) is 11.4. The molecule has 0 unspecified atom stereocenters. The average molecular weight is 287 g/mol. The Morgan fingerprint density at radius 1 is 1.40 bits per heavy atom. The molecule has 0 aliphatic rings. The van der Waals surface area contributed by atoms with Crippen LogP contribution in [0.3, 0.4) is 0 Å². The van der Waals surface area contributed by atoms with E-state index >= 15 is 0 Å². The summed E-state index contributed by atoms with van der Waals surface area (Å²) in [6.07, 6.45) is 1.15. The van der Waals surface area contributed by atoms with Crippen LogP contribution in [0.15, 0.2) is 40.2 Å². The molecule has 1 N–H and O–H groups in total. The van der Waals surface area contributed by atoms with Crippen molar-refractivity contribution < 1.29 is 5.11 Å². The van der Waals surface area contributed by atoms with Gasteiger partial charge in [0.2, 0.25) is 0 Å². The molecule has 0 amide bonds. The fourth-order valence-corrected chi connectivity index (χ4v) is 3.66. The van der Waals surface area contributed by atoms with Crippen LogP contribution in [-0.4, -0.2) is 32.4 Å². The van der Waals surface area contributed by atoms with E-state index in [0.717, 1.165) is 17.1 Å². The van der Waals surface area contributed by atoms with Gasteiger partial charge in [0.05, 0.1) is 0 Å². The molecule has 0 saturated heterocycles. The first-order valence-corrected chi connectivity index (χ1v) is 7.84. The quantitative estimate of drug-likeness (QED) is 0.808. The molecule has 0 aliphatic carbocycles. The summed E-state index contributed by atoms with van der Waals surface area (Å²) in [7, 11) is 0. The van der Waals surface area contributed by atoms with Crippen LogP contribution in [0.4, 0.5) is 0 Å². The van der Waals surface area contributed by atoms with Gasteiger partial charge in [0, 0.05) is 0 Å². The Morgan fingerprint density at radius 2 is 2.13 bits per heavy atom. The second-order valence-electron chi connectivity index (χ2n) is 3.02. The number of aliphatic hydroxyl groups excluding tert-OH is 1. The first-order chi connectivity index (χ1) is 7.36. The monoisotopic (exact) mass is 288 g/mol. The number of aliphatic hydroxyl groups is 1. The molecule has 0 aromatic heterocycles. The van der Waals surface area contributed by atoms with Gasteiger partial charge in [0.1, 0.15) is 0 Å². The summed E-state index contributed by atoms with van der Waals surface area (Å²) >= 11 is 2.11. The molecule has 15 heavy (non-hydrogen) atoms. The molecule has 0 fully saturated rings. The minimum absolute atomic E-state index is 0.180. The summed E-state index contributed by atoms with van der Waals surface area (Å²) in [5.41, 5.74) is 0. The molecule has 3 heteroatoms. The summed E-state index contributed by atoms with van der Waals surface area (Å²) in [4.78, 5) is 3.29. The normalized spacial score (nSPS) is 11.7. The molecule has 0 bridgehead atoms. The van der Waals surface area contributed by atoms with Gasteiger partial charge in [-0.15, -0.1) is 0 Å². The van der Waals surface area contributed by atoms with Crippen molar-refractivity contribution in [1.29, 1.82) is 0 Å². The van der Waals surface area contributed by atoms with Crippen LogP contribution in [0.25, 0.3) is 0 Å². The van der Waals surface area contributed by atoms with Crippen molar-refractivity contribution in [2.24, 2.45) is 0 Å². The van der Waals surface area contributed by atoms with Crippen LogP contribution in [0, 0.1) is 0 Å². The van der Waals surface area contributed by atoms with Crippen molar-refractivity contribution in [2.75, 3.05) is 12.4 Å². The fraction of sp³-hybridized carbons (Fsp3) is 0.333. The minimum atomic E-state index is 0.180. The van der Waals surface area contributed by atoms with Gasteiger partial charge in [0.15, 0.2) is 0 Å². The zero-order chi connectivity index (χ0) is 10.9. The summed E-state index contributed by atoms with van der Waals surface area (Å²) in [5.74, 6) is 1.09. The summed E-state index contributed by atoms with van der Waals surface area (Å²) in [6, 6.07) is 10.4. The second kappa shape index (κ2) is 8.00. The number of rotatable bonds is 6. The molecule has 1 aromatic carbocycles. The molecule has 82 valence electrons. The van der Waals surface area contributed by atoms with E-state index < -0.39 is 0 Å². The van der Waals surface area contributed by atoms with E-state index in [-0.39, 0.29) is 6.61 Å². The molecular formula is C12H16OSSe. The van der Waals surface area contributed by atoms with Crippen molar-refractivity contribution in [3.05, 3.63) is 40.2 Å². The third kappa shape index (κ3) is 5.43.